The van der Waals surface area contributed by atoms with Crippen molar-refractivity contribution in [1.29, 1.82) is 0 Å². The van der Waals surface area contributed by atoms with Crippen molar-refractivity contribution in [2.45, 2.75) is 19.2 Å². The van der Waals surface area contributed by atoms with E-state index in [2.05, 4.69) is 10.2 Å². The number of rotatable bonds is 8. The fourth-order valence-corrected chi connectivity index (χ4v) is 3.83. The predicted octanol–water partition coefficient (Wildman–Crippen LogP) is 3.66. The van der Waals surface area contributed by atoms with E-state index < -0.39 is 28.8 Å². The highest BCUT2D eigenvalue weighted by Crippen LogP contribution is 2.36. The van der Waals surface area contributed by atoms with E-state index in [0.29, 0.717) is 32.7 Å². The number of β-amino-alcohol motifs (C(OH)–C–C–N with tert-alkyl or cyclic N) is 1. The van der Waals surface area contributed by atoms with Crippen molar-refractivity contribution in [3.05, 3.63) is 58.6 Å². The van der Waals surface area contributed by atoms with E-state index in [1.807, 2.05) is 36.1 Å². The van der Waals surface area contributed by atoms with Gasteiger partial charge in [-0.3, -0.25) is 14.6 Å². The summed E-state index contributed by atoms with van der Waals surface area (Å²) in [4.78, 5) is 16.3. The summed E-state index contributed by atoms with van der Waals surface area (Å²) in [6, 6.07) is 10.9. The molecular weight excluding hydrogens is 459 g/mol. The first-order valence-electron chi connectivity index (χ1n) is 10.6. The van der Waals surface area contributed by atoms with Gasteiger partial charge in [-0.1, -0.05) is 29.8 Å². The number of carbonyl (C=O) groups is 1. The molecule has 10 heteroatoms. The second-order valence-electron chi connectivity index (χ2n) is 8.05. The van der Waals surface area contributed by atoms with Gasteiger partial charge in [0.15, 0.2) is 0 Å². The second-order valence-corrected chi connectivity index (χ2v) is 8.45. The Balaban J connectivity index is 1.40. The van der Waals surface area contributed by atoms with E-state index in [1.165, 1.54) is 6.07 Å². The van der Waals surface area contributed by atoms with Gasteiger partial charge >= 0.3 is 6.18 Å². The first-order chi connectivity index (χ1) is 15.6. The van der Waals surface area contributed by atoms with Gasteiger partial charge in [-0.2, -0.15) is 13.2 Å². The molecule has 0 bridgehead atoms. The summed E-state index contributed by atoms with van der Waals surface area (Å²) in [5, 5.41) is 12.4. The number of ether oxygens (including phenoxy) is 1. The number of carbonyl (C=O) groups excluding carboxylic acids is 1. The zero-order chi connectivity index (χ0) is 24.0. The number of nitrogens with zero attached hydrogens (tertiary/aromatic N) is 2. The molecule has 1 saturated heterocycles. The molecule has 180 valence electrons. The lowest BCUT2D eigenvalue weighted by atomic mass is 10.2. The van der Waals surface area contributed by atoms with Gasteiger partial charge in [0.25, 0.3) is 0 Å². The van der Waals surface area contributed by atoms with Crippen molar-refractivity contribution in [1.82, 2.24) is 9.80 Å². The molecule has 2 aromatic carbocycles. The Bertz CT molecular complexity index is 950. The molecule has 0 aliphatic carbocycles. The maximum absolute atomic E-state index is 13.0. The summed E-state index contributed by atoms with van der Waals surface area (Å²) in [5.74, 6) is 0.348. The first-order valence-corrected chi connectivity index (χ1v) is 11.0. The van der Waals surface area contributed by atoms with Gasteiger partial charge in [-0.15, -0.1) is 0 Å². The SMILES string of the molecule is Cc1ccccc1OCC(O)CN1CCN(CC(=O)Nc2ccc(Cl)c(C(F)(F)F)c2)CC1. The summed E-state index contributed by atoms with van der Waals surface area (Å²) in [6.07, 6.45) is -5.24. The molecule has 1 fully saturated rings. The van der Waals surface area contributed by atoms with Gasteiger partial charge in [-0.05, 0) is 36.8 Å². The molecule has 0 spiro atoms. The Hall–Kier alpha value is -2.33. The number of halogens is 4. The lowest BCUT2D eigenvalue weighted by molar-refractivity contribution is -0.137. The number of aryl methyl sites for hydroxylation is 1. The molecule has 1 aliphatic rings. The smallest absolute Gasteiger partial charge is 0.417 e. The van der Waals surface area contributed by atoms with E-state index in [4.69, 9.17) is 16.3 Å². The van der Waals surface area contributed by atoms with E-state index in [-0.39, 0.29) is 18.8 Å². The molecule has 1 amide bonds. The number of anilines is 1. The van der Waals surface area contributed by atoms with Gasteiger partial charge in [0.2, 0.25) is 5.91 Å². The number of hydrogen-bond donors (Lipinski definition) is 2. The summed E-state index contributed by atoms with van der Waals surface area (Å²) in [5.41, 5.74) is 0.0671. The Labute approximate surface area is 195 Å². The topological polar surface area (TPSA) is 65.0 Å². The largest absolute Gasteiger partial charge is 0.491 e. The first kappa shape index (κ1) is 25.3. The third-order valence-electron chi connectivity index (χ3n) is 5.38. The van der Waals surface area contributed by atoms with Gasteiger partial charge in [0.1, 0.15) is 18.5 Å². The van der Waals surface area contributed by atoms with E-state index in [1.54, 1.807) is 0 Å². The van der Waals surface area contributed by atoms with Gasteiger partial charge in [-0.25, -0.2) is 0 Å². The summed E-state index contributed by atoms with van der Waals surface area (Å²) in [7, 11) is 0. The molecule has 6 nitrogen and oxygen atoms in total. The third kappa shape index (κ3) is 7.60. The quantitative estimate of drug-likeness (QED) is 0.597. The number of para-hydroxylation sites is 1. The van der Waals surface area contributed by atoms with Crippen molar-refractivity contribution >= 4 is 23.2 Å². The van der Waals surface area contributed by atoms with Crippen LogP contribution in [0.1, 0.15) is 11.1 Å². The Morgan fingerprint density at radius 3 is 2.48 bits per heavy atom. The fraction of sp³-hybridized carbons (Fsp3) is 0.435. The fourth-order valence-electron chi connectivity index (χ4n) is 3.61. The van der Waals surface area contributed by atoms with Crippen molar-refractivity contribution in [3.8, 4) is 5.75 Å². The number of hydrogen-bond acceptors (Lipinski definition) is 5. The van der Waals surface area contributed by atoms with Gasteiger partial charge in [0, 0.05) is 38.4 Å². The number of amides is 1. The molecule has 1 heterocycles. The molecule has 3 rings (SSSR count). The van der Waals surface area contributed by atoms with Crippen molar-refractivity contribution in [3.63, 3.8) is 0 Å². The third-order valence-corrected chi connectivity index (χ3v) is 5.71. The minimum absolute atomic E-state index is 0.0483. The van der Waals surface area contributed by atoms with Crippen molar-refractivity contribution < 1.29 is 27.8 Å². The van der Waals surface area contributed by atoms with Crippen LogP contribution in [0.3, 0.4) is 0 Å². The van der Waals surface area contributed by atoms with Crippen LogP contribution in [0, 0.1) is 6.92 Å². The predicted molar refractivity (Wildman–Crippen MR) is 121 cm³/mol. The van der Waals surface area contributed by atoms with Crippen LogP contribution < -0.4 is 10.1 Å². The number of aliphatic hydroxyl groups is 1. The van der Waals surface area contributed by atoms with E-state index >= 15 is 0 Å². The van der Waals surface area contributed by atoms with Crippen LogP contribution >= 0.6 is 11.6 Å². The summed E-state index contributed by atoms with van der Waals surface area (Å²) < 4.78 is 44.6. The van der Waals surface area contributed by atoms with Crippen LogP contribution in [0.5, 0.6) is 5.75 Å². The average Bonchev–Trinajstić information content (AvgIpc) is 2.75. The van der Waals surface area contributed by atoms with Gasteiger partial charge < -0.3 is 15.2 Å². The average molecular weight is 486 g/mol. The highest BCUT2D eigenvalue weighted by atomic mass is 35.5. The molecule has 0 radical (unpaired) electrons. The van der Waals surface area contributed by atoms with Crippen LogP contribution in [-0.2, 0) is 11.0 Å². The number of alkyl halides is 3. The van der Waals surface area contributed by atoms with Crippen LogP contribution in [0.2, 0.25) is 5.02 Å². The molecule has 0 saturated carbocycles. The maximum Gasteiger partial charge on any atom is 0.417 e. The number of piperazine rings is 1. The molecule has 33 heavy (non-hydrogen) atoms. The zero-order valence-electron chi connectivity index (χ0n) is 18.2. The Morgan fingerprint density at radius 2 is 1.82 bits per heavy atom. The molecule has 1 aliphatic heterocycles. The lowest BCUT2D eigenvalue weighted by Gasteiger charge is -2.35. The standard InChI is InChI=1S/C23H27ClF3N3O3/c1-16-4-2-3-5-21(16)33-15-18(31)13-29-8-10-30(11-9-29)14-22(32)28-17-6-7-20(24)19(12-17)23(25,26)27/h2-7,12,18,31H,8-11,13-15H2,1H3,(H,28,32). The zero-order valence-corrected chi connectivity index (χ0v) is 19.0. The van der Waals surface area contributed by atoms with E-state index in [9.17, 15) is 23.1 Å². The highest BCUT2D eigenvalue weighted by molar-refractivity contribution is 6.31. The minimum Gasteiger partial charge on any atom is -0.491 e. The molecule has 1 unspecified atom stereocenters. The van der Waals surface area contributed by atoms with Gasteiger partial charge in [0.05, 0.1) is 17.1 Å². The van der Waals surface area contributed by atoms with Crippen LogP contribution in [0.25, 0.3) is 0 Å². The highest BCUT2D eigenvalue weighted by Gasteiger charge is 2.33. The van der Waals surface area contributed by atoms with Crippen LogP contribution in [0.4, 0.5) is 18.9 Å². The molecule has 0 aromatic heterocycles. The number of aliphatic hydroxyl groups excluding tert-OH is 1. The Kier molecular flexibility index (Phi) is 8.58. The van der Waals surface area contributed by atoms with Crippen LogP contribution in [0.15, 0.2) is 42.5 Å². The Morgan fingerprint density at radius 1 is 1.15 bits per heavy atom. The molecule has 1 atom stereocenters. The van der Waals surface area contributed by atoms with E-state index in [0.717, 1.165) is 23.4 Å². The van der Waals surface area contributed by atoms with Crippen molar-refractivity contribution in [2.24, 2.45) is 0 Å². The second kappa shape index (κ2) is 11.2. The number of nitrogens with one attached hydrogen (secondary N) is 1. The molecule has 2 N–H and O–H groups in total. The van der Waals surface area contributed by atoms with Crippen LogP contribution in [-0.4, -0.2) is 72.8 Å². The number of benzene rings is 2. The minimum atomic E-state index is -4.59. The normalized spacial score (nSPS) is 16.4. The van der Waals surface area contributed by atoms with Crippen molar-refractivity contribution in [2.75, 3.05) is 51.2 Å². The summed E-state index contributed by atoms with van der Waals surface area (Å²) in [6.45, 7) is 5.18. The maximum atomic E-state index is 13.0. The molecule has 2 aromatic rings. The summed E-state index contributed by atoms with van der Waals surface area (Å²) >= 11 is 5.61. The lowest BCUT2D eigenvalue weighted by Crippen LogP contribution is -2.50. The molecular formula is C23H27ClF3N3O3. The monoisotopic (exact) mass is 485 g/mol.